The van der Waals surface area contributed by atoms with Crippen LogP contribution in [0.5, 0.6) is 0 Å². The van der Waals surface area contributed by atoms with Gasteiger partial charge in [-0.05, 0) is 67.8 Å². The summed E-state index contributed by atoms with van der Waals surface area (Å²) in [5.41, 5.74) is 4.47. The Morgan fingerprint density at radius 2 is 1.86 bits per heavy atom. The van der Waals surface area contributed by atoms with E-state index in [0.29, 0.717) is 23.0 Å². The summed E-state index contributed by atoms with van der Waals surface area (Å²) in [6.45, 7) is 6.27. The van der Waals surface area contributed by atoms with Gasteiger partial charge in [-0.2, -0.15) is 0 Å². The summed E-state index contributed by atoms with van der Waals surface area (Å²) in [5, 5.41) is 6.61. The Labute approximate surface area is 209 Å². The monoisotopic (exact) mass is 488 g/mol. The van der Waals surface area contributed by atoms with Crippen molar-refractivity contribution in [1.82, 2.24) is 14.9 Å². The Kier molecular flexibility index (Phi) is 7.72. The topological polar surface area (TPSA) is 89.2 Å². The van der Waals surface area contributed by atoms with Crippen LogP contribution in [0.25, 0.3) is 5.69 Å². The maximum absolute atomic E-state index is 12.6. The van der Waals surface area contributed by atoms with Crippen molar-refractivity contribution in [3.8, 4) is 5.69 Å². The molecule has 0 aliphatic heterocycles. The predicted octanol–water partition coefficient (Wildman–Crippen LogP) is 5.31. The first-order valence-corrected chi connectivity index (χ1v) is 12.4. The van der Waals surface area contributed by atoms with E-state index >= 15 is 0 Å². The van der Waals surface area contributed by atoms with Gasteiger partial charge in [-0.25, -0.2) is 4.98 Å². The van der Waals surface area contributed by atoms with Crippen molar-refractivity contribution in [3.05, 3.63) is 95.2 Å². The summed E-state index contributed by atoms with van der Waals surface area (Å²) in [6.07, 6.45) is 4.39. The maximum atomic E-state index is 12.6. The molecule has 0 aliphatic rings. The summed E-state index contributed by atoms with van der Waals surface area (Å²) >= 11 is 1.36. The molecule has 7 nitrogen and oxygen atoms in total. The summed E-state index contributed by atoms with van der Waals surface area (Å²) in [5.74, 6) is 1.51. The normalized spacial score (nSPS) is 10.8. The lowest BCUT2D eigenvalue weighted by molar-refractivity contribution is -0.113. The number of para-hydroxylation sites is 1. The molecule has 35 heavy (non-hydrogen) atoms. The number of nitrogens with zero attached hydrogens (tertiary/aromatic N) is 2. The van der Waals surface area contributed by atoms with E-state index in [4.69, 9.17) is 4.42 Å². The van der Waals surface area contributed by atoms with E-state index in [1.807, 2.05) is 67.1 Å². The molecule has 0 spiro atoms. The average Bonchev–Trinajstić information content (AvgIpc) is 3.51. The van der Waals surface area contributed by atoms with Gasteiger partial charge in [0.25, 0.3) is 5.91 Å². The highest BCUT2D eigenvalue weighted by atomic mass is 32.2. The largest absolute Gasteiger partial charge is 0.465 e. The van der Waals surface area contributed by atoms with Crippen LogP contribution in [0.15, 0.2) is 76.6 Å². The number of imidazole rings is 1. The second-order valence-electron chi connectivity index (χ2n) is 8.12. The molecule has 0 radical (unpaired) electrons. The molecular weight excluding hydrogens is 460 g/mol. The second-order valence-corrected chi connectivity index (χ2v) is 9.06. The number of furan rings is 1. The average molecular weight is 489 g/mol. The highest BCUT2D eigenvalue weighted by molar-refractivity contribution is 7.99. The van der Waals surface area contributed by atoms with Crippen LogP contribution in [0.1, 0.15) is 39.9 Å². The summed E-state index contributed by atoms with van der Waals surface area (Å²) in [4.78, 5) is 29.5. The molecule has 2 aromatic heterocycles. The summed E-state index contributed by atoms with van der Waals surface area (Å²) < 4.78 is 7.38. The van der Waals surface area contributed by atoms with Crippen molar-refractivity contribution >= 4 is 29.3 Å². The minimum absolute atomic E-state index is 0.0766. The van der Waals surface area contributed by atoms with Crippen molar-refractivity contribution in [2.45, 2.75) is 38.9 Å². The number of anilines is 1. The third-order valence-electron chi connectivity index (χ3n) is 5.57. The van der Waals surface area contributed by atoms with E-state index < -0.39 is 0 Å². The Morgan fingerprint density at radius 3 is 2.57 bits per heavy atom. The second kappa shape index (κ2) is 11.1. The lowest BCUT2D eigenvalue weighted by Gasteiger charge is -2.13. The number of benzene rings is 2. The minimum Gasteiger partial charge on any atom is -0.465 e. The van der Waals surface area contributed by atoms with Crippen LogP contribution in [-0.2, 0) is 17.8 Å². The zero-order chi connectivity index (χ0) is 24.8. The van der Waals surface area contributed by atoms with E-state index in [9.17, 15) is 9.59 Å². The molecule has 4 aromatic rings. The van der Waals surface area contributed by atoms with Gasteiger partial charge < -0.3 is 15.1 Å². The smallest absolute Gasteiger partial charge is 0.251 e. The van der Waals surface area contributed by atoms with Crippen LogP contribution in [0.2, 0.25) is 0 Å². The molecule has 0 saturated carbocycles. The van der Waals surface area contributed by atoms with Gasteiger partial charge in [0.1, 0.15) is 11.5 Å². The highest BCUT2D eigenvalue weighted by Crippen LogP contribution is 2.24. The third kappa shape index (κ3) is 6.02. The van der Waals surface area contributed by atoms with Gasteiger partial charge in [0, 0.05) is 29.3 Å². The van der Waals surface area contributed by atoms with Crippen molar-refractivity contribution in [1.29, 1.82) is 0 Å². The van der Waals surface area contributed by atoms with Gasteiger partial charge in [0.15, 0.2) is 5.16 Å². The Balaban J connectivity index is 1.36. The zero-order valence-electron chi connectivity index (χ0n) is 20.0. The number of aryl methyl sites for hydroxylation is 3. The molecule has 2 heterocycles. The molecule has 4 rings (SSSR count). The number of hydrogen-bond donors (Lipinski definition) is 2. The van der Waals surface area contributed by atoms with E-state index in [1.54, 1.807) is 18.3 Å². The number of rotatable bonds is 9. The number of carbonyl (C=O) groups is 2. The van der Waals surface area contributed by atoms with Gasteiger partial charge in [-0.1, -0.05) is 36.9 Å². The molecule has 0 fully saturated rings. The molecular formula is C27H28N4O3S. The van der Waals surface area contributed by atoms with Gasteiger partial charge in [-0.3, -0.25) is 14.2 Å². The first kappa shape index (κ1) is 24.3. The highest BCUT2D eigenvalue weighted by Gasteiger charge is 2.13. The third-order valence-corrected chi connectivity index (χ3v) is 6.54. The number of amides is 2. The number of nitrogens with one attached hydrogen (secondary N) is 2. The Bertz CT molecular complexity index is 1320. The molecule has 180 valence electrons. The lowest BCUT2D eigenvalue weighted by Crippen LogP contribution is -2.22. The minimum atomic E-state index is -0.176. The van der Waals surface area contributed by atoms with Gasteiger partial charge >= 0.3 is 0 Å². The van der Waals surface area contributed by atoms with Crippen LogP contribution in [-0.4, -0.2) is 27.1 Å². The number of hydrogen-bond acceptors (Lipinski definition) is 5. The number of aromatic nitrogens is 2. The molecule has 0 atom stereocenters. The first-order chi connectivity index (χ1) is 16.9. The number of thioether (sulfide) groups is 1. The fraction of sp³-hybridized carbons (Fsp3) is 0.222. The molecule has 2 amide bonds. The van der Waals surface area contributed by atoms with E-state index in [1.165, 1.54) is 11.8 Å². The molecule has 0 aliphatic carbocycles. The van der Waals surface area contributed by atoms with Gasteiger partial charge in [0.2, 0.25) is 5.91 Å². The van der Waals surface area contributed by atoms with Crippen molar-refractivity contribution in [2.75, 3.05) is 11.1 Å². The number of carbonyl (C=O) groups excluding carboxylic acids is 2. The molecule has 8 heteroatoms. The fourth-order valence-electron chi connectivity index (χ4n) is 3.72. The lowest BCUT2D eigenvalue weighted by atomic mass is 10.1. The molecule has 0 saturated heterocycles. The van der Waals surface area contributed by atoms with Crippen LogP contribution >= 0.6 is 11.8 Å². The quantitative estimate of drug-likeness (QED) is 0.312. The molecule has 2 N–H and O–H groups in total. The van der Waals surface area contributed by atoms with Gasteiger partial charge in [0.05, 0.1) is 12.3 Å². The van der Waals surface area contributed by atoms with Crippen molar-refractivity contribution in [2.24, 2.45) is 0 Å². The first-order valence-electron chi connectivity index (χ1n) is 11.4. The summed E-state index contributed by atoms with van der Waals surface area (Å²) in [7, 11) is 0. The van der Waals surface area contributed by atoms with Crippen LogP contribution in [0.3, 0.4) is 0 Å². The van der Waals surface area contributed by atoms with Crippen molar-refractivity contribution in [3.63, 3.8) is 0 Å². The molecule has 0 unspecified atom stereocenters. The maximum Gasteiger partial charge on any atom is 0.251 e. The van der Waals surface area contributed by atoms with Crippen LogP contribution in [0.4, 0.5) is 5.69 Å². The molecule has 2 aromatic carbocycles. The molecule has 0 bridgehead atoms. The standard InChI is InChI=1S/C27H28N4O3S/c1-4-20-7-5-6-18(2)25(20)30-24(32)17-35-27-28-14-15-31(27)22-11-9-21(10-12-22)26(33)29-16-23-13-8-19(3)34-23/h5-15H,4,16-17H2,1-3H3,(H,29,33)(H,30,32). The summed E-state index contributed by atoms with van der Waals surface area (Å²) in [6, 6.07) is 17.0. The van der Waals surface area contributed by atoms with E-state index in [2.05, 4.69) is 22.5 Å². The predicted molar refractivity (Wildman–Crippen MR) is 138 cm³/mol. The van der Waals surface area contributed by atoms with Gasteiger partial charge in [-0.15, -0.1) is 0 Å². The fourth-order valence-corrected chi connectivity index (χ4v) is 4.50. The SMILES string of the molecule is CCc1cccc(C)c1NC(=O)CSc1nccn1-c1ccc(C(=O)NCc2ccc(C)o2)cc1. The Hall–Kier alpha value is -3.78. The van der Waals surface area contributed by atoms with E-state index in [-0.39, 0.29) is 17.6 Å². The zero-order valence-corrected chi connectivity index (χ0v) is 20.8. The van der Waals surface area contributed by atoms with Crippen LogP contribution in [0, 0.1) is 13.8 Å². The van der Waals surface area contributed by atoms with E-state index in [0.717, 1.165) is 34.7 Å². The van der Waals surface area contributed by atoms with Crippen molar-refractivity contribution < 1.29 is 14.0 Å². The Morgan fingerprint density at radius 1 is 1.06 bits per heavy atom. The van der Waals surface area contributed by atoms with Crippen LogP contribution < -0.4 is 10.6 Å².